The molecule has 146 valence electrons. The number of halogens is 1. The fourth-order valence-electron chi connectivity index (χ4n) is 3.35. The summed E-state index contributed by atoms with van der Waals surface area (Å²) in [5, 5.41) is 21.1. The molecule has 0 radical (unpaired) electrons. The van der Waals surface area contributed by atoms with E-state index in [0.29, 0.717) is 11.4 Å². The molecule has 28 heavy (non-hydrogen) atoms. The van der Waals surface area contributed by atoms with Crippen molar-refractivity contribution in [3.05, 3.63) is 91.0 Å². The van der Waals surface area contributed by atoms with Crippen LogP contribution in [0.15, 0.2) is 46.0 Å². The second kappa shape index (κ2) is 6.99. The van der Waals surface area contributed by atoms with Crippen LogP contribution in [0.2, 0.25) is 0 Å². The van der Waals surface area contributed by atoms with Gasteiger partial charge in [0.15, 0.2) is 0 Å². The molecule has 3 aromatic rings. The summed E-state index contributed by atoms with van der Waals surface area (Å²) in [6.07, 6.45) is 0. The minimum absolute atomic E-state index is 0.00926. The van der Waals surface area contributed by atoms with Gasteiger partial charge in [-0.1, -0.05) is 18.2 Å². The van der Waals surface area contributed by atoms with Gasteiger partial charge in [0.1, 0.15) is 17.3 Å². The predicted molar refractivity (Wildman–Crippen MR) is 104 cm³/mol. The number of benzene rings is 1. The van der Waals surface area contributed by atoms with Gasteiger partial charge < -0.3 is 19.3 Å². The van der Waals surface area contributed by atoms with Gasteiger partial charge in [-0.2, -0.15) is 0 Å². The molecule has 0 bridgehead atoms. The van der Waals surface area contributed by atoms with E-state index >= 15 is 0 Å². The molecule has 0 aliphatic heterocycles. The highest BCUT2D eigenvalue weighted by Gasteiger charge is 2.31. The van der Waals surface area contributed by atoms with Crippen LogP contribution in [0.3, 0.4) is 0 Å². The van der Waals surface area contributed by atoms with Crippen molar-refractivity contribution in [2.45, 2.75) is 19.8 Å². The fourth-order valence-corrected chi connectivity index (χ4v) is 3.35. The van der Waals surface area contributed by atoms with Crippen molar-refractivity contribution in [3.63, 3.8) is 0 Å². The van der Waals surface area contributed by atoms with Crippen LogP contribution < -0.4 is 11.1 Å². The van der Waals surface area contributed by atoms with E-state index in [1.807, 2.05) is 0 Å². The first-order valence-electron chi connectivity index (χ1n) is 8.68. The van der Waals surface area contributed by atoms with Gasteiger partial charge in [0, 0.05) is 31.0 Å². The number of hydrogen-bond donors (Lipinski definition) is 2. The Morgan fingerprint density at radius 3 is 1.71 bits per heavy atom. The summed E-state index contributed by atoms with van der Waals surface area (Å²) in [6, 6.07) is 8.43. The third kappa shape index (κ3) is 2.98. The maximum atomic E-state index is 14.7. The molecular weight excluding hydrogens is 363 g/mol. The first-order chi connectivity index (χ1) is 13.1. The molecule has 0 unspecified atom stereocenters. The van der Waals surface area contributed by atoms with Crippen molar-refractivity contribution < 1.29 is 14.6 Å². The summed E-state index contributed by atoms with van der Waals surface area (Å²) in [7, 11) is 3.04. The summed E-state index contributed by atoms with van der Waals surface area (Å²) < 4.78 is 17.3. The molecule has 1 aromatic carbocycles. The summed E-state index contributed by atoms with van der Waals surface area (Å²) in [4.78, 5) is 25.9. The molecule has 2 N–H and O–H groups in total. The standard InChI is InChI=1S/C21H21FN2O4/c1-11-9-15(25)18(20(27)23(11)3)17(13-7-5-6-8-14(13)22)19-16(26)10-12(2)24(4)21(19)28/h5-10,17,25-26H,1-4H3. The van der Waals surface area contributed by atoms with Crippen molar-refractivity contribution in [1.82, 2.24) is 9.13 Å². The normalized spacial score (nSPS) is 11.2. The first-order valence-corrected chi connectivity index (χ1v) is 8.68. The minimum atomic E-state index is -1.28. The Morgan fingerprint density at radius 2 is 1.29 bits per heavy atom. The maximum absolute atomic E-state index is 14.7. The smallest absolute Gasteiger partial charge is 0.258 e. The zero-order valence-electron chi connectivity index (χ0n) is 16.0. The average Bonchev–Trinajstić information content (AvgIpc) is 2.64. The highest BCUT2D eigenvalue weighted by Crippen LogP contribution is 2.38. The largest absolute Gasteiger partial charge is 0.507 e. The van der Waals surface area contributed by atoms with Gasteiger partial charge in [0.05, 0.1) is 17.0 Å². The van der Waals surface area contributed by atoms with E-state index < -0.39 is 22.9 Å². The van der Waals surface area contributed by atoms with Gasteiger partial charge in [-0.05, 0) is 32.0 Å². The molecule has 0 amide bonds. The van der Waals surface area contributed by atoms with Gasteiger partial charge in [-0.25, -0.2) is 4.39 Å². The third-order valence-electron chi connectivity index (χ3n) is 5.16. The van der Waals surface area contributed by atoms with E-state index in [9.17, 15) is 24.2 Å². The van der Waals surface area contributed by atoms with Gasteiger partial charge >= 0.3 is 0 Å². The van der Waals surface area contributed by atoms with Crippen LogP contribution >= 0.6 is 0 Å². The Hall–Kier alpha value is -3.35. The number of pyridine rings is 2. The molecule has 0 aliphatic carbocycles. The van der Waals surface area contributed by atoms with Crippen LogP contribution in [-0.2, 0) is 14.1 Å². The molecule has 0 fully saturated rings. The number of nitrogens with zero attached hydrogens (tertiary/aromatic N) is 2. The molecule has 0 saturated carbocycles. The Labute approximate surface area is 160 Å². The lowest BCUT2D eigenvalue weighted by Gasteiger charge is -2.22. The molecule has 7 heteroatoms. The Bertz CT molecular complexity index is 1120. The number of aromatic nitrogens is 2. The van der Waals surface area contributed by atoms with E-state index in [2.05, 4.69) is 0 Å². The van der Waals surface area contributed by atoms with E-state index in [1.165, 1.54) is 53.6 Å². The minimum Gasteiger partial charge on any atom is -0.507 e. The number of rotatable bonds is 3. The molecule has 0 saturated heterocycles. The molecule has 6 nitrogen and oxygen atoms in total. The monoisotopic (exact) mass is 384 g/mol. The van der Waals surface area contributed by atoms with Crippen LogP contribution in [-0.4, -0.2) is 19.3 Å². The molecule has 2 aromatic heterocycles. The third-order valence-corrected chi connectivity index (χ3v) is 5.16. The van der Waals surface area contributed by atoms with Gasteiger partial charge in [0.2, 0.25) is 0 Å². The van der Waals surface area contributed by atoms with Crippen molar-refractivity contribution in [2.24, 2.45) is 14.1 Å². The average molecular weight is 384 g/mol. The zero-order valence-corrected chi connectivity index (χ0v) is 16.0. The highest BCUT2D eigenvalue weighted by molar-refractivity contribution is 5.52. The maximum Gasteiger partial charge on any atom is 0.258 e. The van der Waals surface area contributed by atoms with E-state index in [-0.39, 0.29) is 28.2 Å². The molecular formula is C21H21FN2O4. The fraction of sp³-hybridized carbons (Fsp3) is 0.238. The molecule has 0 spiro atoms. The van der Waals surface area contributed by atoms with E-state index in [4.69, 9.17) is 0 Å². The molecule has 0 atom stereocenters. The van der Waals surface area contributed by atoms with E-state index in [1.54, 1.807) is 19.9 Å². The lowest BCUT2D eigenvalue weighted by molar-refractivity contribution is 0.449. The quantitative estimate of drug-likeness (QED) is 0.726. The van der Waals surface area contributed by atoms with Crippen molar-refractivity contribution in [2.75, 3.05) is 0 Å². The van der Waals surface area contributed by atoms with Crippen LogP contribution in [0.5, 0.6) is 11.5 Å². The summed E-state index contributed by atoms with van der Waals surface area (Å²) in [5.74, 6) is -2.66. The SMILES string of the molecule is Cc1cc(O)c(C(c2ccccc2F)c2c(O)cc(C)n(C)c2=O)c(=O)n1C. The lowest BCUT2D eigenvalue weighted by Crippen LogP contribution is -2.31. The second-order valence-corrected chi connectivity index (χ2v) is 6.85. The Kier molecular flexibility index (Phi) is 4.85. The first kappa shape index (κ1) is 19.4. The molecule has 2 heterocycles. The highest BCUT2D eigenvalue weighted by atomic mass is 19.1. The van der Waals surface area contributed by atoms with Crippen LogP contribution in [0, 0.1) is 19.7 Å². The zero-order chi connectivity index (χ0) is 20.7. The van der Waals surface area contributed by atoms with Crippen LogP contribution in [0.1, 0.15) is 34.0 Å². The van der Waals surface area contributed by atoms with Crippen LogP contribution in [0.25, 0.3) is 0 Å². The van der Waals surface area contributed by atoms with E-state index in [0.717, 1.165) is 0 Å². The number of aryl methyl sites for hydroxylation is 2. The summed E-state index contributed by atoms with van der Waals surface area (Å²) >= 11 is 0. The second-order valence-electron chi connectivity index (χ2n) is 6.85. The number of hydrogen-bond acceptors (Lipinski definition) is 4. The lowest BCUT2D eigenvalue weighted by atomic mass is 9.84. The summed E-state index contributed by atoms with van der Waals surface area (Å²) in [6.45, 7) is 3.29. The van der Waals surface area contributed by atoms with Gasteiger partial charge in [-0.15, -0.1) is 0 Å². The molecule has 3 rings (SSSR count). The Morgan fingerprint density at radius 1 is 0.857 bits per heavy atom. The van der Waals surface area contributed by atoms with Gasteiger partial charge in [0.25, 0.3) is 11.1 Å². The van der Waals surface area contributed by atoms with Crippen molar-refractivity contribution >= 4 is 0 Å². The van der Waals surface area contributed by atoms with Gasteiger partial charge in [-0.3, -0.25) is 9.59 Å². The number of aromatic hydroxyl groups is 2. The molecule has 0 aliphatic rings. The topological polar surface area (TPSA) is 84.5 Å². The Balaban J connectivity index is 2.50. The predicted octanol–water partition coefficient (Wildman–Crippen LogP) is 2.43. The van der Waals surface area contributed by atoms with Crippen LogP contribution in [0.4, 0.5) is 4.39 Å². The summed E-state index contributed by atoms with van der Waals surface area (Å²) in [5.41, 5.74) is -0.487. The van der Waals surface area contributed by atoms with Crippen molar-refractivity contribution in [1.29, 1.82) is 0 Å². The van der Waals surface area contributed by atoms with Crippen molar-refractivity contribution in [3.8, 4) is 11.5 Å².